The fraction of sp³-hybridized carbons (Fsp3) is 0.409. The van der Waals surface area contributed by atoms with Crippen LogP contribution >= 0.6 is 0 Å². The van der Waals surface area contributed by atoms with Crippen LogP contribution in [0, 0.1) is 5.82 Å². The lowest BCUT2D eigenvalue weighted by Gasteiger charge is -2.37. The lowest BCUT2D eigenvalue weighted by atomic mass is 10.0. The molecule has 0 saturated carbocycles. The van der Waals surface area contributed by atoms with Crippen molar-refractivity contribution in [2.75, 3.05) is 27.2 Å². The standard InChI is InChI=1S/C22H28FN3O3/c1-25-11-9-19(10-12-25)26(15-16-3-6-18(23)7-4-16)22(28)24-14-17-5-8-20(27)13-21(17)29-2/h3-8,13,19,27H,9-12,14-15H2,1-2H3,(H,24,28). The second-order valence-electron chi connectivity index (χ2n) is 7.44. The Hall–Kier alpha value is -2.80. The Balaban J connectivity index is 1.72. The van der Waals surface area contributed by atoms with Crippen LogP contribution in [0.3, 0.4) is 0 Å². The largest absolute Gasteiger partial charge is 0.508 e. The molecule has 2 aromatic rings. The number of hydrogen-bond donors (Lipinski definition) is 2. The molecule has 2 N–H and O–H groups in total. The van der Waals surface area contributed by atoms with Crippen molar-refractivity contribution in [2.45, 2.75) is 32.0 Å². The van der Waals surface area contributed by atoms with Gasteiger partial charge in [-0.2, -0.15) is 0 Å². The van der Waals surface area contributed by atoms with E-state index in [-0.39, 0.29) is 30.2 Å². The third kappa shape index (κ3) is 5.60. The number of carbonyl (C=O) groups excluding carboxylic acids is 1. The van der Waals surface area contributed by atoms with Crippen molar-refractivity contribution in [3.8, 4) is 11.5 Å². The third-order valence-electron chi connectivity index (χ3n) is 5.36. The average molecular weight is 401 g/mol. The molecule has 156 valence electrons. The molecule has 1 aliphatic rings. The van der Waals surface area contributed by atoms with Gasteiger partial charge in [-0.05, 0) is 62.8 Å². The van der Waals surface area contributed by atoms with Gasteiger partial charge in [-0.25, -0.2) is 9.18 Å². The molecule has 1 saturated heterocycles. The SMILES string of the molecule is COc1cc(O)ccc1CNC(=O)N(Cc1ccc(F)cc1)C1CCN(C)CC1. The molecule has 1 aliphatic heterocycles. The number of likely N-dealkylation sites (tertiary alicyclic amines) is 1. The van der Waals surface area contributed by atoms with E-state index in [1.165, 1.54) is 25.3 Å². The number of aromatic hydroxyl groups is 1. The number of methoxy groups -OCH3 is 1. The molecule has 7 heteroatoms. The van der Waals surface area contributed by atoms with E-state index in [1.807, 2.05) is 4.90 Å². The van der Waals surface area contributed by atoms with Gasteiger partial charge in [0.2, 0.25) is 0 Å². The zero-order valence-corrected chi connectivity index (χ0v) is 16.9. The molecule has 0 atom stereocenters. The summed E-state index contributed by atoms with van der Waals surface area (Å²) in [5.41, 5.74) is 1.67. The smallest absolute Gasteiger partial charge is 0.318 e. The zero-order chi connectivity index (χ0) is 20.8. The molecule has 29 heavy (non-hydrogen) atoms. The van der Waals surface area contributed by atoms with Gasteiger partial charge in [0, 0.05) is 30.8 Å². The fourth-order valence-electron chi connectivity index (χ4n) is 3.61. The molecule has 6 nitrogen and oxygen atoms in total. The normalized spacial score (nSPS) is 15.1. The van der Waals surface area contributed by atoms with Crippen LogP contribution in [0.2, 0.25) is 0 Å². The van der Waals surface area contributed by atoms with E-state index in [9.17, 15) is 14.3 Å². The number of piperidine rings is 1. The Bertz CT molecular complexity index is 821. The van der Waals surface area contributed by atoms with E-state index >= 15 is 0 Å². The first-order valence-electron chi connectivity index (χ1n) is 9.79. The van der Waals surface area contributed by atoms with Crippen molar-refractivity contribution in [1.29, 1.82) is 0 Å². The van der Waals surface area contributed by atoms with Gasteiger partial charge in [0.05, 0.1) is 7.11 Å². The molecular weight excluding hydrogens is 373 g/mol. The van der Waals surface area contributed by atoms with Gasteiger partial charge in [-0.1, -0.05) is 12.1 Å². The van der Waals surface area contributed by atoms with Gasteiger partial charge in [0.15, 0.2) is 0 Å². The maximum atomic E-state index is 13.3. The summed E-state index contributed by atoms with van der Waals surface area (Å²) in [7, 11) is 3.61. The maximum Gasteiger partial charge on any atom is 0.318 e. The van der Waals surface area contributed by atoms with Crippen molar-refractivity contribution in [3.05, 3.63) is 59.4 Å². The van der Waals surface area contributed by atoms with Crippen LogP contribution in [0.4, 0.5) is 9.18 Å². The van der Waals surface area contributed by atoms with E-state index in [0.717, 1.165) is 37.1 Å². The highest BCUT2D eigenvalue weighted by atomic mass is 19.1. The minimum Gasteiger partial charge on any atom is -0.508 e. The van der Waals surface area contributed by atoms with E-state index in [2.05, 4.69) is 17.3 Å². The molecule has 2 amide bonds. The molecular formula is C22H28FN3O3. The molecule has 1 heterocycles. The molecule has 0 aromatic heterocycles. The number of urea groups is 1. The van der Waals surface area contributed by atoms with Crippen LogP contribution < -0.4 is 10.1 Å². The van der Waals surface area contributed by atoms with Crippen LogP contribution in [0.1, 0.15) is 24.0 Å². The Morgan fingerprint density at radius 1 is 1.24 bits per heavy atom. The van der Waals surface area contributed by atoms with Gasteiger partial charge < -0.3 is 25.0 Å². The highest BCUT2D eigenvalue weighted by Gasteiger charge is 2.27. The second kappa shape index (κ2) is 9.60. The summed E-state index contributed by atoms with van der Waals surface area (Å²) in [5.74, 6) is 0.347. The number of phenols is 1. The van der Waals surface area contributed by atoms with E-state index in [0.29, 0.717) is 12.3 Å². The lowest BCUT2D eigenvalue weighted by Crippen LogP contribution is -2.49. The van der Waals surface area contributed by atoms with Crippen LogP contribution in [-0.2, 0) is 13.1 Å². The summed E-state index contributed by atoms with van der Waals surface area (Å²) >= 11 is 0. The Labute approximate surface area is 170 Å². The summed E-state index contributed by atoms with van der Waals surface area (Å²) in [6, 6.07) is 11.0. The predicted molar refractivity (Wildman–Crippen MR) is 109 cm³/mol. The number of ether oxygens (including phenoxy) is 1. The number of halogens is 1. The summed E-state index contributed by atoms with van der Waals surface area (Å²) in [6.45, 7) is 2.58. The van der Waals surface area contributed by atoms with Gasteiger partial charge in [-0.15, -0.1) is 0 Å². The minimum absolute atomic E-state index is 0.112. The fourth-order valence-corrected chi connectivity index (χ4v) is 3.61. The Kier molecular flexibility index (Phi) is 6.93. The number of carbonyl (C=O) groups is 1. The van der Waals surface area contributed by atoms with E-state index in [1.54, 1.807) is 24.3 Å². The maximum absolute atomic E-state index is 13.3. The molecule has 0 radical (unpaired) electrons. The van der Waals surface area contributed by atoms with Crippen molar-refractivity contribution in [2.24, 2.45) is 0 Å². The lowest BCUT2D eigenvalue weighted by molar-refractivity contribution is 0.127. The average Bonchev–Trinajstić information content (AvgIpc) is 2.73. The number of hydrogen-bond acceptors (Lipinski definition) is 4. The van der Waals surface area contributed by atoms with E-state index in [4.69, 9.17) is 4.74 Å². The summed E-state index contributed by atoms with van der Waals surface area (Å²) < 4.78 is 18.5. The second-order valence-corrected chi connectivity index (χ2v) is 7.44. The predicted octanol–water partition coefficient (Wildman–Crippen LogP) is 3.35. The molecule has 2 aromatic carbocycles. The van der Waals surface area contributed by atoms with Gasteiger partial charge >= 0.3 is 6.03 Å². The topological polar surface area (TPSA) is 65.0 Å². The van der Waals surface area contributed by atoms with Gasteiger partial charge in [-0.3, -0.25) is 0 Å². The summed E-state index contributed by atoms with van der Waals surface area (Å²) in [4.78, 5) is 17.2. The van der Waals surface area contributed by atoms with Crippen LogP contribution in [0.15, 0.2) is 42.5 Å². The quantitative estimate of drug-likeness (QED) is 0.779. The van der Waals surface area contributed by atoms with Crippen LogP contribution in [0.25, 0.3) is 0 Å². The number of nitrogens with one attached hydrogen (secondary N) is 1. The van der Waals surface area contributed by atoms with Crippen molar-refractivity contribution < 1.29 is 19.0 Å². The molecule has 0 bridgehead atoms. The number of benzene rings is 2. The van der Waals surface area contributed by atoms with Crippen LogP contribution in [-0.4, -0.2) is 54.2 Å². The highest BCUT2D eigenvalue weighted by Crippen LogP contribution is 2.24. The first-order chi connectivity index (χ1) is 14.0. The minimum atomic E-state index is -0.288. The monoisotopic (exact) mass is 401 g/mol. The number of rotatable bonds is 6. The van der Waals surface area contributed by atoms with Crippen molar-refractivity contribution in [1.82, 2.24) is 15.1 Å². The van der Waals surface area contributed by atoms with E-state index < -0.39 is 0 Å². The number of nitrogens with zero attached hydrogens (tertiary/aromatic N) is 2. The molecule has 0 aliphatic carbocycles. The molecule has 3 rings (SSSR count). The Morgan fingerprint density at radius 2 is 1.93 bits per heavy atom. The first kappa shape index (κ1) is 20.9. The first-order valence-corrected chi connectivity index (χ1v) is 9.79. The number of phenolic OH excluding ortho intramolecular Hbond substituents is 1. The zero-order valence-electron chi connectivity index (χ0n) is 16.9. The third-order valence-corrected chi connectivity index (χ3v) is 5.36. The summed E-state index contributed by atoms with van der Waals surface area (Å²) in [5, 5.41) is 12.6. The van der Waals surface area contributed by atoms with Crippen molar-refractivity contribution >= 4 is 6.03 Å². The van der Waals surface area contributed by atoms with Gasteiger partial charge in [0.1, 0.15) is 17.3 Å². The molecule has 0 spiro atoms. The van der Waals surface area contributed by atoms with Gasteiger partial charge in [0.25, 0.3) is 0 Å². The molecule has 1 fully saturated rings. The Morgan fingerprint density at radius 3 is 2.59 bits per heavy atom. The number of amides is 2. The van der Waals surface area contributed by atoms with Crippen molar-refractivity contribution in [3.63, 3.8) is 0 Å². The van der Waals surface area contributed by atoms with Crippen LogP contribution in [0.5, 0.6) is 11.5 Å². The molecule has 0 unspecified atom stereocenters. The summed E-state index contributed by atoms with van der Waals surface area (Å²) in [6.07, 6.45) is 1.79. The highest BCUT2D eigenvalue weighted by molar-refractivity contribution is 5.74.